The minimum absolute atomic E-state index is 0.0555. The first-order chi connectivity index (χ1) is 10.7. The summed E-state index contributed by atoms with van der Waals surface area (Å²) in [5.41, 5.74) is 0. The first kappa shape index (κ1) is 16.0. The molecule has 0 bridgehead atoms. The highest BCUT2D eigenvalue weighted by molar-refractivity contribution is 5.32. The van der Waals surface area contributed by atoms with E-state index >= 15 is 0 Å². The normalized spacial score (nSPS) is 11.6. The smallest absolute Gasteiger partial charge is 0.130 e. The third-order valence-electron chi connectivity index (χ3n) is 3.02. The van der Waals surface area contributed by atoms with E-state index in [2.05, 4.69) is 0 Å². The fraction of sp³-hybridized carbons (Fsp3) is 0.333. The second-order valence-electron chi connectivity index (χ2n) is 4.82. The van der Waals surface area contributed by atoms with E-state index in [1.165, 1.54) is 0 Å². The Morgan fingerprint density at radius 2 is 1.27 bits per heavy atom. The van der Waals surface area contributed by atoms with E-state index in [9.17, 15) is 0 Å². The average Bonchev–Trinajstić information content (AvgIpc) is 2.55. The van der Waals surface area contributed by atoms with Crippen molar-refractivity contribution >= 4 is 0 Å². The number of rotatable bonds is 8. The maximum Gasteiger partial charge on any atom is 0.130 e. The van der Waals surface area contributed by atoms with Gasteiger partial charge in [-0.25, -0.2) is 0 Å². The first-order valence-corrected chi connectivity index (χ1v) is 7.37. The maximum absolute atomic E-state index is 5.81. The Morgan fingerprint density at radius 3 is 1.82 bits per heavy atom. The Balaban J connectivity index is 1.80. The van der Waals surface area contributed by atoms with E-state index < -0.39 is 0 Å². The first-order valence-electron chi connectivity index (χ1n) is 7.37. The van der Waals surface area contributed by atoms with Crippen molar-refractivity contribution < 1.29 is 18.9 Å². The topological polar surface area (TPSA) is 36.9 Å². The Labute approximate surface area is 131 Å². The van der Waals surface area contributed by atoms with Gasteiger partial charge in [-0.3, -0.25) is 0 Å². The average molecular weight is 302 g/mol. The van der Waals surface area contributed by atoms with E-state index in [4.69, 9.17) is 18.9 Å². The van der Waals surface area contributed by atoms with Crippen LogP contribution in [0.25, 0.3) is 0 Å². The van der Waals surface area contributed by atoms with Crippen molar-refractivity contribution in [2.75, 3.05) is 20.3 Å². The van der Waals surface area contributed by atoms with E-state index in [0.29, 0.717) is 13.2 Å². The van der Waals surface area contributed by atoms with Crippen molar-refractivity contribution in [2.45, 2.75) is 20.0 Å². The molecule has 0 aromatic heterocycles. The van der Waals surface area contributed by atoms with Crippen LogP contribution in [-0.4, -0.2) is 26.4 Å². The quantitative estimate of drug-likeness (QED) is 0.740. The number of ether oxygens (including phenoxy) is 4. The molecule has 0 saturated heterocycles. The minimum atomic E-state index is -0.0555. The summed E-state index contributed by atoms with van der Waals surface area (Å²) >= 11 is 0. The van der Waals surface area contributed by atoms with Gasteiger partial charge in [-0.05, 0) is 62.4 Å². The van der Waals surface area contributed by atoms with Gasteiger partial charge in [-0.1, -0.05) is 0 Å². The van der Waals surface area contributed by atoms with Crippen LogP contribution in [0.3, 0.4) is 0 Å². The highest BCUT2D eigenvalue weighted by Crippen LogP contribution is 2.20. The molecular formula is C18H22O4. The summed E-state index contributed by atoms with van der Waals surface area (Å²) in [6.07, 6.45) is -0.0555. The van der Waals surface area contributed by atoms with Gasteiger partial charge in [0.05, 0.1) is 13.7 Å². The zero-order chi connectivity index (χ0) is 15.8. The van der Waals surface area contributed by atoms with Gasteiger partial charge in [-0.2, -0.15) is 0 Å². The minimum Gasteiger partial charge on any atom is -0.497 e. The Kier molecular flexibility index (Phi) is 5.95. The van der Waals surface area contributed by atoms with Crippen molar-refractivity contribution in [3.63, 3.8) is 0 Å². The lowest BCUT2D eigenvalue weighted by molar-refractivity contribution is 0.143. The van der Waals surface area contributed by atoms with Crippen molar-refractivity contribution in [1.29, 1.82) is 0 Å². The summed E-state index contributed by atoms with van der Waals surface area (Å²) in [5, 5.41) is 0. The van der Waals surface area contributed by atoms with E-state index in [1.807, 2.05) is 62.4 Å². The lowest BCUT2D eigenvalue weighted by Crippen LogP contribution is -2.21. The number of methoxy groups -OCH3 is 1. The highest BCUT2D eigenvalue weighted by Gasteiger charge is 2.06. The molecule has 118 valence electrons. The molecule has 0 amide bonds. The molecule has 2 rings (SSSR count). The van der Waals surface area contributed by atoms with Crippen LogP contribution in [0.5, 0.6) is 23.0 Å². The third-order valence-corrected chi connectivity index (χ3v) is 3.02. The van der Waals surface area contributed by atoms with Crippen LogP contribution in [0, 0.1) is 0 Å². The van der Waals surface area contributed by atoms with Crippen LogP contribution < -0.4 is 18.9 Å². The molecule has 1 atom stereocenters. The number of hydrogen-bond acceptors (Lipinski definition) is 4. The van der Waals surface area contributed by atoms with Gasteiger partial charge >= 0.3 is 0 Å². The predicted molar refractivity (Wildman–Crippen MR) is 86.2 cm³/mol. The van der Waals surface area contributed by atoms with Gasteiger partial charge in [0.25, 0.3) is 0 Å². The number of hydrogen-bond donors (Lipinski definition) is 0. The molecule has 2 aromatic carbocycles. The fourth-order valence-electron chi connectivity index (χ4n) is 1.93. The molecule has 0 aliphatic heterocycles. The molecule has 0 saturated carbocycles. The molecule has 0 radical (unpaired) electrons. The fourth-order valence-corrected chi connectivity index (χ4v) is 1.93. The lowest BCUT2D eigenvalue weighted by atomic mass is 10.3. The van der Waals surface area contributed by atoms with Crippen molar-refractivity contribution in [3.8, 4) is 23.0 Å². The molecule has 0 aliphatic rings. The van der Waals surface area contributed by atoms with Crippen molar-refractivity contribution in [3.05, 3.63) is 48.5 Å². The lowest BCUT2D eigenvalue weighted by Gasteiger charge is -2.16. The molecule has 1 unspecified atom stereocenters. The predicted octanol–water partition coefficient (Wildman–Crippen LogP) is 3.94. The highest BCUT2D eigenvalue weighted by atomic mass is 16.5. The van der Waals surface area contributed by atoms with Crippen molar-refractivity contribution in [1.82, 2.24) is 0 Å². The Hall–Kier alpha value is -2.36. The van der Waals surface area contributed by atoms with Crippen LogP contribution in [0.15, 0.2) is 48.5 Å². The second kappa shape index (κ2) is 8.17. The molecule has 4 nitrogen and oxygen atoms in total. The van der Waals surface area contributed by atoms with E-state index in [-0.39, 0.29) is 6.10 Å². The summed E-state index contributed by atoms with van der Waals surface area (Å²) < 4.78 is 22.0. The van der Waals surface area contributed by atoms with Crippen LogP contribution in [0.1, 0.15) is 13.8 Å². The molecule has 4 heteroatoms. The standard InChI is InChI=1S/C18H22O4/c1-4-20-16-9-11-18(12-10-16)22-14(2)13-21-17-7-5-15(19-3)6-8-17/h5-12,14H,4,13H2,1-3H3. The van der Waals surface area contributed by atoms with Crippen LogP contribution in [0.2, 0.25) is 0 Å². The number of benzene rings is 2. The molecule has 0 spiro atoms. The van der Waals surface area contributed by atoms with Crippen LogP contribution >= 0.6 is 0 Å². The molecule has 22 heavy (non-hydrogen) atoms. The van der Waals surface area contributed by atoms with Crippen LogP contribution in [0.4, 0.5) is 0 Å². The van der Waals surface area contributed by atoms with E-state index in [0.717, 1.165) is 23.0 Å². The molecule has 2 aromatic rings. The molecule has 0 heterocycles. The molecule has 0 fully saturated rings. The molecule has 0 N–H and O–H groups in total. The Morgan fingerprint density at radius 1 is 0.773 bits per heavy atom. The summed E-state index contributed by atoms with van der Waals surface area (Å²) in [4.78, 5) is 0. The molecule has 0 aliphatic carbocycles. The van der Waals surface area contributed by atoms with Gasteiger partial charge in [0, 0.05) is 0 Å². The zero-order valence-electron chi connectivity index (χ0n) is 13.2. The summed E-state index contributed by atoms with van der Waals surface area (Å²) in [5.74, 6) is 3.25. The third kappa shape index (κ3) is 4.88. The van der Waals surface area contributed by atoms with Crippen molar-refractivity contribution in [2.24, 2.45) is 0 Å². The summed E-state index contributed by atoms with van der Waals surface area (Å²) in [6, 6.07) is 15.1. The largest absolute Gasteiger partial charge is 0.497 e. The van der Waals surface area contributed by atoms with Gasteiger partial charge in [-0.15, -0.1) is 0 Å². The van der Waals surface area contributed by atoms with Gasteiger partial charge < -0.3 is 18.9 Å². The van der Waals surface area contributed by atoms with Gasteiger partial charge in [0.2, 0.25) is 0 Å². The van der Waals surface area contributed by atoms with Crippen LogP contribution in [-0.2, 0) is 0 Å². The molecular weight excluding hydrogens is 280 g/mol. The van der Waals surface area contributed by atoms with E-state index in [1.54, 1.807) is 7.11 Å². The second-order valence-corrected chi connectivity index (χ2v) is 4.82. The zero-order valence-corrected chi connectivity index (χ0v) is 13.2. The summed E-state index contributed by atoms with van der Waals surface area (Å²) in [6.45, 7) is 5.06. The maximum atomic E-state index is 5.81. The van der Waals surface area contributed by atoms with Gasteiger partial charge in [0.15, 0.2) is 0 Å². The SMILES string of the molecule is CCOc1ccc(OC(C)COc2ccc(OC)cc2)cc1. The monoisotopic (exact) mass is 302 g/mol. The Bertz CT molecular complexity index is 548. The summed E-state index contributed by atoms with van der Waals surface area (Å²) in [7, 11) is 1.64. The van der Waals surface area contributed by atoms with Gasteiger partial charge in [0.1, 0.15) is 35.7 Å².